The maximum absolute atomic E-state index is 13.8. The van der Waals surface area contributed by atoms with E-state index < -0.39 is 5.82 Å². The second-order valence-corrected chi connectivity index (χ2v) is 7.76. The molecule has 1 aromatic carbocycles. The molecule has 3 heterocycles. The van der Waals surface area contributed by atoms with E-state index in [9.17, 15) is 9.18 Å². The largest absolute Gasteiger partial charge is 0.488 e. The third-order valence-corrected chi connectivity index (χ3v) is 6.04. The number of nitrogens with zero attached hydrogens (tertiary/aromatic N) is 2. The Morgan fingerprint density at radius 2 is 2.12 bits per heavy atom. The lowest BCUT2D eigenvalue weighted by Gasteiger charge is -2.47. The van der Waals surface area contributed by atoms with Crippen LogP contribution in [0.4, 0.5) is 4.39 Å². The Hall–Kier alpha value is -2.08. The molecule has 4 rings (SSSR count). The van der Waals surface area contributed by atoms with Crippen molar-refractivity contribution in [2.45, 2.75) is 17.3 Å². The minimum Gasteiger partial charge on any atom is -0.488 e. The van der Waals surface area contributed by atoms with Crippen molar-refractivity contribution in [1.82, 2.24) is 9.88 Å². The van der Waals surface area contributed by atoms with Crippen molar-refractivity contribution < 1.29 is 13.9 Å². The minimum absolute atomic E-state index is 0.0494. The molecular formula is C18H17FN2O2S. The number of rotatable bonds is 3. The van der Waals surface area contributed by atoms with E-state index in [1.54, 1.807) is 35.5 Å². The summed E-state index contributed by atoms with van der Waals surface area (Å²) < 4.78 is 19.8. The summed E-state index contributed by atoms with van der Waals surface area (Å²) in [6.07, 6.45) is 4.46. The van der Waals surface area contributed by atoms with Gasteiger partial charge in [-0.25, -0.2) is 4.39 Å². The highest BCUT2D eigenvalue weighted by Gasteiger charge is 2.51. The first kappa shape index (κ1) is 15.4. The van der Waals surface area contributed by atoms with Crippen molar-refractivity contribution in [3.63, 3.8) is 0 Å². The van der Waals surface area contributed by atoms with Crippen LogP contribution in [-0.2, 0) is 0 Å². The van der Waals surface area contributed by atoms with Gasteiger partial charge in [0.05, 0.1) is 16.5 Å². The summed E-state index contributed by atoms with van der Waals surface area (Å²) in [4.78, 5) is 18.2. The van der Waals surface area contributed by atoms with Crippen molar-refractivity contribution in [1.29, 1.82) is 0 Å². The van der Waals surface area contributed by atoms with Gasteiger partial charge in [0.15, 0.2) is 0 Å². The number of aromatic nitrogens is 1. The van der Waals surface area contributed by atoms with Gasteiger partial charge in [0.1, 0.15) is 17.7 Å². The van der Waals surface area contributed by atoms with Gasteiger partial charge in [-0.15, -0.1) is 11.8 Å². The Balaban J connectivity index is 1.36. The first-order chi connectivity index (χ1) is 11.7. The second-order valence-electron chi connectivity index (χ2n) is 6.27. The summed E-state index contributed by atoms with van der Waals surface area (Å²) in [6.45, 7) is 1.30. The van der Waals surface area contributed by atoms with Crippen molar-refractivity contribution >= 4 is 17.7 Å². The summed E-state index contributed by atoms with van der Waals surface area (Å²) >= 11 is 1.85. The molecule has 0 saturated carbocycles. The summed E-state index contributed by atoms with van der Waals surface area (Å²) in [7, 11) is 0. The van der Waals surface area contributed by atoms with Gasteiger partial charge in [0.25, 0.3) is 5.91 Å². The first-order valence-corrected chi connectivity index (χ1v) is 8.88. The third kappa shape index (κ3) is 2.86. The van der Waals surface area contributed by atoms with E-state index in [1.807, 2.05) is 23.9 Å². The monoisotopic (exact) mass is 344 g/mol. The molecule has 2 aliphatic heterocycles. The molecule has 0 unspecified atom stereocenters. The lowest BCUT2D eigenvalue weighted by molar-refractivity contribution is 0.0513. The molecule has 1 spiro atoms. The molecule has 6 heteroatoms. The van der Waals surface area contributed by atoms with Crippen LogP contribution in [-0.4, -0.2) is 45.5 Å². The third-order valence-electron chi connectivity index (χ3n) is 4.46. The average molecular weight is 344 g/mol. The number of hydrogen-bond donors (Lipinski definition) is 0. The molecule has 0 bridgehead atoms. The number of carbonyl (C=O) groups is 1. The highest BCUT2D eigenvalue weighted by atomic mass is 32.2. The van der Waals surface area contributed by atoms with E-state index in [-0.39, 0.29) is 22.3 Å². The van der Waals surface area contributed by atoms with Gasteiger partial charge in [0, 0.05) is 31.5 Å². The molecule has 2 aromatic rings. The SMILES string of the molecule is O=C(c1ccccc1F)N1CC2(C[C@@H](Oc3cccnc3)CS2)C1. The molecule has 2 fully saturated rings. The van der Waals surface area contributed by atoms with Crippen molar-refractivity contribution in [2.75, 3.05) is 18.8 Å². The molecule has 2 saturated heterocycles. The molecule has 24 heavy (non-hydrogen) atoms. The lowest BCUT2D eigenvalue weighted by atomic mass is 9.92. The smallest absolute Gasteiger partial charge is 0.256 e. The standard InChI is InChI=1S/C18H17FN2O2S/c19-16-6-2-1-5-15(16)17(22)21-11-18(12-21)8-14(10-24-18)23-13-4-3-7-20-9-13/h1-7,9,14H,8,10-12H2/t14-/m1/s1. The summed E-state index contributed by atoms with van der Waals surface area (Å²) in [5.41, 5.74) is 0.151. The summed E-state index contributed by atoms with van der Waals surface area (Å²) in [5, 5.41) is 0. The second kappa shape index (κ2) is 6.09. The number of amides is 1. The topological polar surface area (TPSA) is 42.4 Å². The minimum atomic E-state index is -0.458. The maximum Gasteiger partial charge on any atom is 0.256 e. The number of hydrogen-bond acceptors (Lipinski definition) is 4. The van der Waals surface area contributed by atoms with E-state index in [0.29, 0.717) is 13.1 Å². The summed E-state index contributed by atoms with van der Waals surface area (Å²) in [6, 6.07) is 9.90. The first-order valence-electron chi connectivity index (χ1n) is 7.90. The number of likely N-dealkylation sites (tertiary alicyclic amines) is 1. The highest BCUT2D eigenvalue weighted by molar-refractivity contribution is 8.01. The molecular weight excluding hydrogens is 327 g/mol. The van der Waals surface area contributed by atoms with Gasteiger partial charge in [-0.3, -0.25) is 9.78 Å². The van der Waals surface area contributed by atoms with Gasteiger partial charge < -0.3 is 9.64 Å². The van der Waals surface area contributed by atoms with E-state index in [1.165, 1.54) is 6.07 Å². The van der Waals surface area contributed by atoms with Gasteiger partial charge in [-0.1, -0.05) is 12.1 Å². The molecule has 1 aromatic heterocycles. The molecule has 4 nitrogen and oxygen atoms in total. The van der Waals surface area contributed by atoms with Crippen LogP contribution in [0.5, 0.6) is 5.75 Å². The van der Waals surface area contributed by atoms with E-state index in [0.717, 1.165) is 17.9 Å². The molecule has 0 radical (unpaired) electrons. The zero-order chi connectivity index (χ0) is 16.6. The van der Waals surface area contributed by atoms with Crippen LogP contribution in [0.25, 0.3) is 0 Å². The van der Waals surface area contributed by atoms with Crippen molar-refractivity contribution in [2.24, 2.45) is 0 Å². The van der Waals surface area contributed by atoms with E-state index in [2.05, 4.69) is 4.98 Å². The molecule has 1 atom stereocenters. The Morgan fingerprint density at radius 3 is 2.88 bits per heavy atom. The fourth-order valence-corrected chi connectivity index (χ4v) is 4.83. The average Bonchev–Trinajstić information content (AvgIpc) is 2.98. The quantitative estimate of drug-likeness (QED) is 0.858. The molecule has 1 amide bonds. The Bertz CT molecular complexity index is 750. The van der Waals surface area contributed by atoms with Gasteiger partial charge in [-0.05, 0) is 24.3 Å². The number of thioether (sulfide) groups is 1. The fourth-order valence-electron chi connectivity index (χ4n) is 3.31. The molecule has 2 aliphatic rings. The van der Waals surface area contributed by atoms with Crippen molar-refractivity contribution in [3.8, 4) is 5.75 Å². The van der Waals surface area contributed by atoms with Gasteiger partial charge >= 0.3 is 0 Å². The predicted molar refractivity (Wildman–Crippen MR) is 90.8 cm³/mol. The number of benzene rings is 1. The van der Waals surface area contributed by atoms with Gasteiger partial charge in [0.2, 0.25) is 0 Å². The van der Waals surface area contributed by atoms with Crippen LogP contribution in [0, 0.1) is 5.82 Å². The van der Waals surface area contributed by atoms with Crippen LogP contribution >= 0.6 is 11.8 Å². The predicted octanol–water partition coefficient (Wildman–Crippen LogP) is 3.00. The Labute approximate surface area is 144 Å². The number of pyridine rings is 1. The number of carbonyl (C=O) groups excluding carboxylic acids is 1. The Morgan fingerprint density at radius 1 is 1.29 bits per heavy atom. The molecule has 124 valence electrons. The van der Waals surface area contributed by atoms with Crippen LogP contribution in [0.15, 0.2) is 48.8 Å². The maximum atomic E-state index is 13.8. The fraction of sp³-hybridized carbons (Fsp3) is 0.333. The van der Waals surface area contributed by atoms with E-state index >= 15 is 0 Å². The van der Waals surface area contributed by atoms with Gasteiger partial charge in [-0.2, -0.15) is 0 Å². The zero-order valence-electron chi connectivity index (χ0n) is 13.0. The van der Waals surface area contributed by atoms with Crippen LogP contribution in [0.2, 0.25) is 0 Å². The number of ether oxygens (including phenoxy) is 1. The number of halogens is 1. The highest BCUT2D eigenvalue weighted by Crippen LogP contribution is 2.46. The zero-order valence-corrected chi connectivity index (χ0v) is 13.8. The lowest BCUT2D eigenvalue weighted by Crippen LogP contribution is -2.60. The van der Waals surface area contributed by atoms with E-state index in [4.69, 9.17) is 4.74 Å². The van der Waals surface area contributed by atoms with Crippen LogP contribution < -0.4 is 4.74 Å². The van der Waals surface area contributed by atoms with Crippen molar-refractivity contribution in [3.05, 3.63) is 60.2 Å². The van der Waals surface area contributed by atoms with Crippen LogP contribution in [0.3, 0.4) is 0 Å². The Kier molecular flexibility index (Phi) is 3.92. The molecule has 0 aliphatic carbocycles. The summed E-state index contributed by atoms with van der Waals surface area (Å²) in [5.74, 6) is 0.992. The normalized spacial score (nSPS) is 21.5. The van der Waals surface area contributed by atoms with Crippen LogP contribution in [0.1, 0.15) is 16.8 Å². The molecule has 0 N–H and O–H groups in total.